The molecule has 1 aromatic carbocycles. The lowest BCUT2D eigenvalue weighted by Gasteiger charge is -2.22. The van der Waals surface area contributed by atoms with Gasteiger partial charge in [0.25, 0.3) is 14.4 Å². The van der Waals surface area contributed by atoms with E-state index in [1.54, 1.807) is 31.2 Å². The number of nitrogens with two attached hydrogens (primary N) is 1. The Morgan fingerprint density at radius 1 is 1.33 bits per heavy atom. The molecule has 0 radical (unpaired) electrons. The van der Waals surface area contributed by atoms with Crippen LogP contribution in [-0.4, -0.2) is 24.5 Å². The number of nitrogens with one attached hydrogen (secondary N) is 1. The van der Waals surface area contributed by atoms with Crippen LogP contribution < -0.4 is 15.6 Å². The van der Waals surface area contributed by atoms with Crippen LogP contribution >= 0.6 is 11.3 Å². The summed E-state index contributed by atoms with van der Waals surface area (Å²) < 4.78 is 24.1. The molecular formula is C11H13N5O3S2. The standard InChI is InChI=1S/C11H13N5O3S2/c1-7-5-3-4-6-9(7)16(8(2)17)15-21(18,19)11-14-13-10(12)20-11/h3-6,15H,1-2H3,(H2,12,13). The zero-order valence-corrected chi connectivity index (χ0v) is 12.9. The van der Waals surface area contributed by atoms with Gasteiger partial charge in [0.05, 0.1) is 5.69 Å². The fraction of sp³-hybridized carbons (Fsp3) is 0.182. The van der Waals surface area contributed by atoms with Gasteiger partial charge in [0, 0.05) is 6.92 Å². The van der Waals surface area contributed by atoms with E-state index in [1.165, 1.54) is 6.92 Å². The number of hydrazine groups is 1. The SMILES string of the molecule is CC(=O)N(NS(=O)(=O)c1nnc(N)s1)c1ccccc1C. The van der Waals surface area contributed by atoms with Crippen molar-refractivity contribution in [3.8, 4) is 0 Å². The molecule has 2 aromatic rings. The molecule has 0 fully saturated rings. The number of carbonyl (C=O) groups excluding carboxylic acids is 1. The van der Waals surface area contributed by atoms with Crippen molar-refractivity contribution in [1.82, 2.24) is 15.0 Å². The van der Waals surface area contributed by atoms with Crippen molar-refractivity contribution in [2.45, 2.75) is 18.2 Å². The van der Waals surface area contributed by atoms with E-state index in [-0.39, 0.29) is 9.47 Å². The third-order valence-corrected chi connectivity index (χ3v) is 4.95. The van der Waals surface area contributed by atoms with Gasteiger partial charge in [0.1, 0.15) is 0 Å². The molecule has 1 heterocycles. The molecule has 3 N–H and O–H groups in total. The van der Waals surface area contributed by atoms with Crippen LogP contribution in [0.25, 0.3) is 0 Å². The number of hydrogen-bond donors (Lipinski definition) is 2. The van der Waals surface area contributed by atoms with Gasteiger partial charge in [-0.25, -0.2) is 13.4 Å². The second kappa shape index (κ2) is 5.76. The zero-order chi connectivity index (χ0) is 15.6. The first kappa shape index (κ1) is 15.4. The Balaban J connectivity index is 2.38. The number of anilines is 2. The first-order valence-corrected chi connectivity index (χ1v) is 8.09. The van der Waals surface area contributed by atoms with Crippen LogP contribution in [-0.2, 0) is 14.8 Å². The number of amides is 1. The van der Waals surface area contributed by atoms with Gasteiger partial charge in [-0.3, -0.25) is 4.79 Å². The summed E-state index contributed by atoms with van der Waals surface area (Å²) in [4.78, 5) is 13.9. The van der Waals surface area contributed by atoms with E-state index in [4.69, 9.17) is 5.73 Å². The van der Waals surface area contributed by atoms with Crippen LogP contribution in [0.1, 0.15) is 12.5 Å². The summed E-state index contributed by atoms with van der Waals surface area (Å²) >= 11 is 0.715. The summed E-state index contributed by atoms with van der Waals surface area (Å²) in [6.45, 7) is 3.02. The second-order valence-electron chi connectivity index (χ2n) is 4.14. The smallest absolute Gasteiger partial charge is 0.287 e. The zero-order valence-electron chi connectivity index (χ0n) is 11.3. The van der Waals surface area contributed by atoms with Gasteiger partial charge in [-0.2, -0.15) is 0 Å². The highest BCUT2D eigenvalue weighted by atomic mass is 32.2. The molecule has 21 heavy (non-hydrogen) atoms. The van der Waals surface area contributed by atoms with Crippen molar-refractivity contribution in [3.05, 3.63) is 29.8 Å². The Bertz CT molecular complexity index is 772. The predicted molar refractivity (Wildman–Crippen MR) is 79.0 cm³/mol. The molecule has 0 unspecified atom stereocenters. The van der Waals surface area contributed by atoms with Gasteiger partial charge < -0.3 is 5.73 Å². The second-order valence-corrected chi connectivity index (χ2v) is 6.99. The third-order valence-electron chi connectivity index (χ3n) is 2.53. The molecule has 1 amide bonds. The van der Waals surface area contributed by atoms with Crippen molar-refractivity contribution < 1.29 is 13.2 Å². The average molecular weight is 327 g/mol. The van der Waals surface area contributed by atoms with Crippen LogP contribution in [0.4, 0.5) is 10.8 Å². The molecule has 2 rings (SSSR count). The Morgan fingerprint density at radius 2 is 2.00 bits per heavy atom. The van der Waals surface area contributed by atoms with E-state index < -0.39 is 15.9 Å². The first-order chi connectivity index (χ1) is 9.81. The minimum Gasteiger partial charge on any atom is -0.374 e. The van der Waals surface area contributed by atoms with E-state index in [9.17, 15) is 13.2 Å². The highest BCUT2D eigenvalue weighted by Crippen LogP contribution is 2.21. The molecule has 0 aliphatic heterocycles. The highest BCUT2D eigenvalue weighted by Gasteiger charge is 2.25. The number of para-hydroxylation sites is 1. The monoisotopic (exact) mass is 327 g/mol. The topological polar surface area (TPSA) is 118 Å². The van der Waals surface area contributed by atoms with Gasteiger partial charge in [-0.1, -0.05) is 29.5 Å². The minimum atomic E-state index is -4.03. The van der Waals surface area contributed by atoms with Crippen molar-refractivity contribution in [2.75, 3.05) is 10.7 Å². The lowest BCUT2D eigenvalue weighted by molar-refractivity contribution is -0.116. The molecule has 0 aliphatic carbocycles. The molecule has 0 bridgehead atoms. The lowest BCUT2D eigenvalue weighted by Crippen LogP contribution is -2.45. The fourth-order valence-electron chi connectivity index (χ4n) is 1.59. The van der Waals surface area contributed by atoms with E-state index in [0.717, 1.165) is 10.6 Å². The van der Waals surface area contributed by atoms with Crippen molar-refractivity contribution >= 4 is 38.1 Å². The molecule has 0 saturated heterocycles. The van der Waals surface area contributed by atoms with Crippen molar-refractivity contribution in [1.29, 1.82) is 0 Å². The van der Waals surface area contributed by atoms with Crippen LogP contribution in [0.3, 0.4) is 0 Å². The first-order valence-electron chi connectivity index (χ1n) is 5.79. The van der Waals surface area contributed by atoms with Gasteiger partial charge in [0.2, 0.25) is 11.0 Å². The maximum atomic E-state index is 12.2. The maximum Gasteiger partial charge on any atom is 0.287 e. The highest BCUT2D eigenvalue weighted by molar-refractivity contribution is 7.91. The van der Waals surface area contributed by atoms with Crippen LogP contribution in [0.15, 0.2) is 28.6 Å². The summed E-state index contributed by atoms with van der Waals surface area (Å²) in [6.07, 6.45) is 0. The number of nitrogen functional groups attached to an aromatic ring is 1. The number of nitrogens with zero attached hydrogens (tertiary/aromatic N) is 3. The Kier molecular flexibility index (Phi) is 4.21. The Hall–Kier alpha value is -2.04. The number of sulfonamides is 1. The van der Waals surface area contributed by atoms with E-state index >= 15 is 0 Å². The largest absolute Gasteiger partial charge is 0.374 e. The number of aromatic nitrogens is 2. The molecule has 0 aliphatic rings. The van der Waals surface area contributed by atoms with Crippen LogP contribution in [0, 0.1) is 6.92 Å². The molecule has 1 aromatic heterocycles. The number of hydrogen-bond acceptors (Lipinski definition) is 7. The van der Waals surface area contributed by atoms with Gasteiger partial charge in [0.15, 0.2) is 0 Å². The van der Waals surface area contributed by atoms with Gasteiger partial charge in [-0.15, -0.1) is 15.0 Å². The summed E-state index contributed by atoms with van der Waals surface area (Å²) in [5.41, 5.74) is 6.55. The third kappa shape index (κ3) is 3.35. The van der Waals surface area contributed by atoms with Gasteiger partial charge >= 0.3 is 0 Å². The number of aryl methyl sites for hydroxylation is 1. The number of carbonyl (C=O) groups is 1. The van der Waals surface area contributed by atoms with Gasteiger partial charge in [-0.05, 0) is 18.6 Å². The Morgan fingerprint density at radius 3 is 2.52 bits per heavy atom. The maximum absolute atomic E-state index is 12.2. The molecule has 0 spiro atoms. The van der Waals surface area contributed by atoms with Crippen LogP contribution in [0.5, 0.6) is 0 Å². The summed E-state index contributed by atoms with van der Waals surface area (Å²) in [6, 6.07) is 6.89. The normalized spacial score (nSPS) is 11.3. The van der Waals surface area contributed by atoms with Crippen molar-refractivity contribution in [3.63, 3.8) is 0 Å². The number of rotatable bonds is 4. The van der Waals surface area contributed by atoms with Crippen LogP contribution in [0.2, 0.25) is 0 Å². The lowest BCUT2D eigenvalue weighted by atomic mass is 10.2. The summed E-state index contributed by atoms with van der Waals surface area (Å²) in [7, 11) is -4.03. The number of benzene rings is 1. The summed E-state index contributed by atoms with van der Waals surface area (Å²) in [5.74, 6) is -0.481. The van der Waals surface area contributed by atoms with E-state index in [1.807, 2.05) is 0 Å². The van der Waals surface area contributed by atoms with E-state index in [2.05, 4.69) is 15.0 Å². The molecule has 0 saturated carbocycles. The molecule has 112 valence electrons. The molecule has 10 heteroatoms. The summed E-state index contributed by atoms with van der Waals surface area (Å²) in [5, 5.41) is 7.90. The molecule has 0 atom stereocenters. The quantitative estimate of drug-likeness (QED) is 0.797. The Labute approximate surface area is 125 Å². The molecule has 8 nitrogen and oxygen atoms in total. The average Bonchev–Trinajstić information content (AvgIpc) is 2.84. The molecular weight excluding hydrogens is 314 g/mol. The fourth-order valence-corrected chi connectivity index (χ4v) is 3.43. The van der Waals surface area contributed by atoms with Crippen molar-refractivity contribution in [2.24, 2.45) is 0 Å². The van der Waals surface area contributed by atoms with E-state index in [0.29, 0.717) is 17.0 Å². The predicted octanol–water partition coefficient (Wildman–Crippen LogP) is 0.675. The minimum absolute atomic E-state index is 0.0284.